The second-order valence-electron chi connectivity index (χ2n) is 3.44. The number of hydrogen-bond acceptors (Lipinski definition) is 3. The minimum Gasteiger partial charge on any atom is -0.480 e. The highest BCUT2D eigenvalue weighted by Crippen LogP contribution is 2.24. The largest absolute Gasteiger partial charge is 0.480 e. The molecule has 0 bridgehead atoms. The van der Waals surface area contributed by atoms with Crippen LogP contribution in [-0.2, 0) is 4.79 Å². The summed E-state index contributed by atoms with van der Waals surface area (Å²) in [5.41, 5.74) is 4.17. The Hall–Kier alpha value is -1.07. The standard InChI is InChI=1S/C10H12FNO2S/c1-10(12,9(13)14)6-15-8-5-3-2-4-7(8)11/h2-5H,6,12H2,1H3,(H,13,14). The number of carbonyl (C=O) groups is 1. The van der Waals surface area contributed by atoms with Gasteiger partial charge in [0.2, 0.25) is 0 Å². The van der Waals surface area contributed by atoms with Gasteiger partial charge in [-0.3, -0.25) is 4.79 Å². The molecule has 0 radical (unpaired) electrons. The van der Waals surface area contributed by atoms with Crippen LogP contribution in [0.3, 0.4) is 0 Å². The third kappa shape index (κ3) is 3.21. The molecule has 1 aromatic rings. The smallest absolute Gasteiger partial charge is 0.324 e. The predicted molar refractivity (Wildman–Crippen MR) is 57.4 cm³/mol. The molecule has 0 fully saturated rings. The Labute approximate surface area is 91.5 Å². The first-order valence-electron chi connectivity index (χ1n) is 4.33. The summed E-state index contributed by atoms with van der Waals surface area (Å²) in [7, 11) is 0. The average Bonchev–Trinajstić information content (AvgIpc) is 2.16. The molecule has 3 N–H and O–H groups in total. The monoisotopic (exact) mass is 229 g/mol. The van der Waals surface area contributed by atoms with Gasteiger partial charge in [0.25, 0.3) is 0 Å². The van der Waals surface area contributed by atoms with Crippen LogP contribution in [0.15, 0.2) is 29.2 Å². The summed E-state index contributed by atoms with van der Waals surface area (Å²) in [6, 6.07) is 6.20. The molecule has 0 aromatic heterocycles. The highest BCUT2D eigenvalue weighted by atomic mass is 32.2. The Balaban J connectivity index is 2.66. The van der Waals surface area contributed by atoms with E-state index in [1.165, 1.54) is 13.0 Å². The molecule has 0 amide bonds. The lowest BCUT2D eigenvalue weighted by molar-refractivity contribution is -0.141. The molecule has 3 nitrogen and oxygen atoms in total. The number of hydrogen-bond donors (Lipinski definition) is 2. The van der Waals surface area contributed by atoms with Crippen molar-refractivity contribution in [2.45, 2.75) is 17.4 Å². The molecule has 1 unspecified atom stereocenters. The molecule has 15 heavy (non-hydrogen) atoms. The fraction of sp³-hybridized carbons (Fsp3) is 0.300. The van der Waals surface area contributed by atoms with Crippen molar-refractivity contribution >= 4 is 17.7 Å². The maximum absolute atomic E-state index is 13.2. The number of carboxylic acid groups (broad SMARTS) is 1. The molecular formula is C10H12FNO2S. The quantitative estimate of drug-likeness (QED) is 0.772. The Bertz CT molecular complexity index is 368. The molecule has 82 valence electrons. The summed E-state index contributed by atoms with van der Waals surface area (Å²) >= 11 is 1.10. The number of nitrogens with two attached hydrogens (primary N) is 1. The van der Waals surface area contributed by atoms with Crippen molar-refractivity contribution in [3.8, 4) is 0 Å². The number of aliphatic carboxylic acids is 1. The molecule has 0 heterocycles. The molecule has 0 aliphatic heterocycles. The molecule has 1 aromatic carbocycles. The lowest BCUT2D eigenvalue weighted by Crippen LogP contribution is -2.47. The molecule has 5 heteroatoms. The first kappa shape index (κ1) is 12.0. The van der Waals surface area contributed by atoms with Gasteiger partial charge in [0.15, 0.2) is 0 Å². The maximum Gasteiger partial charge on any atom is 0.324 e. The summed E-state index contributed by atoms with van der Waals surface area (Å²) in [4.78, 5) is 11.1. The molecule has 1 rings (SSSR count). The molecule has 0 aliphatic rings. The van der Waals surface area contributed by atoms with Crippen LogP contribution in [-0.4, -0.2) is 22.4 Å². The number of thioether (sulfide) groups is 1. The zero-order chi connectivity index (χ0) is 11.5. The van der Waals surface area contributed by atoms with Gasteiger partial charge in [0.1, 0.15) is 11.4 Å². The highest BCUT2D eigenvalue weighted by Gasteiger charge is 2.28. The first-order valence-corrected chi connectivity index (χ1v) is 5.31. The zero-order valence-electron chi connectivity index (χ0n) is 8.24. The molecule has 0 saturated heterocycles. The Morgan fingerprint density at radius 3 is 2.73 bits per heavy atom. The van der Waals surface area contributed by atoms with Crippen LogP contribution < -0.4 is 5.73 Å². The lowest BCUT2D eigenvalue weighted by Gasteiger charge is -2.18. The van der Waals surface area contributed by atoms with Crippen molar-refractivity contribution in [3.63, 3.8) is 0 Å². The van der Waals surface area contributed by atoms with E-state index in [0.717, 1.165) is 11.8 Å². The fourth-order valence-corrected chi connectivity index (χ4v) is 1.81. The summed E-state index contributed by atoms with van der Waals surface area (Å²) < 4.78 is 13.2. The van der Waals surface area contributed by atoms with Gasteiger partial charge in [0, 0.05) is 10.6 Å². The van der Waals surface area contributed by atoms with Crippen molar-refractivity contribution in [2.75, 3.05) is 5.75 Å². The topological polar surface area (TPSA) is 63.3 Å². The van der Waals surface area contributed by atoms with Crippen molar-refractivity contribution in [3.05, 3.63) is 30.1 Å². The summed E-state index contributed by atoms with van der Waals surface area (Å²) in [6.45, 7) is 1.41. The van der Waals surface area contributed by atoms with Crippen LogP contribution in [0, 0.1) is 5.82 Å². The van der Waals surface area contributed by atoms with Crippen LogP contribution in [0.1, 0.15) is 6.92 Å². The van der Waals surface area contributed by atoms with Gasteiger partial charge in [-0.1, -0.05) is 12.1 Å². The van der Waals surface area contributed by atoms with Gasteiger partial charge in [-0.05, 0) is 19.1 Å². The van der Waals surface area contributed by atoms with Crippen LogP contribution in [0.5, 0.6) is 0 Å². The Morgan fingerprint density at radius 2 is 2.20 bits per heavy atom. The van der Waals surface area contributed by atoms with E-state index in [1.54, 1.807) is 18.2 Å². The average molecular weight is 229 g/mol. The fourth-order valence-electron chi connectivity index (χ4n) is 0.851. The predicted octanol–water partition coefficient (Wildman–Crippen LogP) is 1.72. The van der Waals surface area contributed by atoms with Gasteiger partial charge in [-0.25, -0.2) is 4.39 Å². The summed E-state index contributed by atoms with van der Waals surface area (Å²) in [6.07, 6.45) is 0. The van der Waals surface area contributed by atoms with Crippen LogP contribution in [0.4, 0.5) is 4.39 Å². The lowest BCUT2D eigenvalue weighted by atomic mass is 10.1. The van der Waals surface area contributed by atoms with E-state index in [1.807, 2.05) is 0 Å². The Kier molecular flexibility index (Phi) is 3.71. The third-order valence-electron chi connectivity index (χ3n) is 1.85. The number of benzene rings is 1. The second-order valence-corrected chi connectivity index (χ2v) is 4.46. The molecule has 0 spiro atoms. The van der Waals surface area contributed by atoms with Crippen molar-refractivity contribution in [2.24, 2.45) is 5.73 Å². The maximum atomic E-state index is 13.2. The van der Waals surface area contributed by atoms with Crippen LogP contribution in [0.2, 0.25) is 0 Å². The molecular weight excluding hydrogens is 217 g/mol. The van der Waals surface area contributed by atoms with E-state index < -0.39 is 11.5 Å². The molecule has 0 saturated carbocycles. The minimum atomic E-state index is -1.34. The van der Waals surface area contributed by atoms with Crippen LogP contribution >= 0.6 is 11.8 Å². The first-order chi connectivity index (χ1) is 6.93. The SMILES string of the molecule is CC(N)(CSc1ccccc1F)C(=O)O. The van der Waals surface area contributed by atoms with Gasteiger partial charge >= 0.3 is 5.97 Å². The van der Waals surface area contributed by atoms with Gasteiger partial charge < -0.3 is 10.8 Å². The normalized spacial score (nSPS) is 14.6. The minimum absolute atomic E-state index is 0.128. The van der Waals surface area contributed by atoms with Gasteiger partial charge in [-0.15, -0.1) is 11.8 Å². The zero-order valence-corrected chi connectivity index (χ0v) is 9.05. The van der Waals surface area contributed by atoms with Gasteiger partial charge in [0.05, 0.1) is 0 Å². The number of carboxylic acids is 1. The second kappa shape index (κ2) is 4.63. The van der Waals surface area contributed by atoms with Crippen molar-refractivity contribution in [1.82, 2.24) is 0 Å². The van der Waals surface area contributed by atoms with Crippen molar-refractivity contribution in [1.29, 1.82) is 0 Å². The van der Waals surface area contributed by atoms with E-state index in [2.05, 4.69) is 0 Å². The Morgan fingerprint density at radius 1 is 1.60 bits per heavy atom. The summed E-state index contributed by atoms with van der Waals surface area (Å²) in [5, 5.41) is 8.76. The highest BCUT2D eigenvalue weighted by molar-refractivity contribution is 7.99. The van der Waals surface area contributed by atoms with Crippen LogP contribution in [0.25, 0.3) is 0 Å². The van der Waals surface area contributed by atoms with E-state index in [0.29, 0.717) is 4.90 Å². The van der Waals surface area contributed by atoms with E-state index in [-0.39, 0.29) is 11.6 Å². The van der Waals surface area contributed by atoms with Crippen molar-refractivity contribution < 1.29 is 14.3 Å². The summed E-state index contributed by atoms with van der Waals surface area (Å²) in [5.74, 6) is -1.32. The van der Waals surface area contributed by atoms with E-state index in [4.69, 9.17) is 10.8 Å². The molecule has 1 atom stereocenters. The van der Waals surface area contributed by atoms with Gasteiger partial charge in [-0.2, -0.15) is 0 Å². The van der Waals surface area contributed by atoms with E-state index >= 15 is 0 Å². The number of rotatable bonds is 4. The van der Waals surface area contributed by atoms with E-state index in [9.17, 15) is 9.18 Å². The third-order valence-corrected chi connectivity index (χ3v) is 3.24. The molecule has 0 aliphatic carbocycles. The number of halogens is 1.